The van der Waals surface area contributed by atoms with E-state index >= 15 is 0 Å². The van der Waals surface area contributed by atoms with Gasteiger partial charge < -0.3 is 5.32 Å². The van der Waals surface area contributed by atoms with E-state index in [1.54, 1.807) is 0 Å². The second kappa shape index (κ2) is 4.56. The van der Waals surface area contributed by atoms with Crippen LogP contribution < -0.4 is 5.32 Å². The van der Waals surface area contributed by atoms with Crippen molar-refractivity contribution in [2.45, 2.75) is 39.2 Å². The lowest BCUT2D eigenvalue weighted by Gasteiger charge is -2.16. The van der Waals surface area contributed by atoms with Crippen LogP contribution >= 0.6 is 15.9 Å². The Hall–Kier alpha value is -0.500. The molecule has 0 aliphatic heterocycles. The van der Waals surface area contributed by atoms with Gasteiger partial charge in [-0.25, -0.2) is 0 Å². The molecule has 0 radical (unpaired) electrons. The zero-order chi connectivity index (χ0) is 10.8. The maximum absolute atomic E-state index is 3.59. The largest absolute Gasteiger partial charge is 0.382 e. The van der Waals surface area contributed by atoms with Gasteiger partial charge in [0.15, 0.2) is 0 Å². The molecule has 1 atom stereocenters. The van der Waals surface area contributed by atoms with Crippen molar-refractivity contribution in [3.8, 4) is 0 Å². The van der Waals surface area contributed by atoms with Crippen molar-refractivity contribution in [2.24, 2.45) is 5.92 Å². The van der Waals surface area contributed by atoms with Crippen molar-refractivity contribution < 1.29 is 0 Å². The highest BCUT2D eigenvalue weighted by molar-refractivity contribution is 9.10. The molecule has 0 aromatic heterocycles. The molecule has 1 aliphatic carbocycles. The molecule has 0 bridgehead atoms. The first-order valence-corrected chi connectivity index (χ1v) is 6.47. The fourth-order valence-corrected chi connectivity index (χ4v) is 2.52. The van der Waals surface area contributed by atoms with E-state index in [2.05, 4.69) is 53.3 Å². The Bertz CT molecular complexity index is 344. The van der Waals surface area contributed by atoms with Gasteiger partial charge in [0.2, 0.25) is 0 Å². The first-order valence-electron chi connectivity index (χ1n) is 5.68. The lowest BCUT2D eigenvalue weighted by atomic mass is 10.1. The highest BCUT2D eigenvalue weighted by atomic mass is 79.9. The van der Waals surface area contributed by atoms with Gasteiger partial charge in [0.25, 0.3) is 0 Å². The standard InChI is InChI=1S/C13H18BrN/c1-9-3-6-13(12(14)7-9)15-10(2)8-11-4-5-11/h3,6-7,10-11,15H,4-5,8H2,1-2H3. The molecule has 15 heavy (non-hydrogen) atoms. The number of rotatable bonds is 4. The number of nitrogens with one attached hydrogen (secondary N) is 1. The molecule has 1 N–H and O–H groups in total. The van der Waals surface area contributed by atoms with Gasteiger partial charge in [0.05, 0.1) is 0 Å². The predicted molar refractivity (Wildman–Crippen MR) is 69.3 cm³/mol. The lowest BCUT2D eigenvalue weighted by molar-refractivity contribution is 0.642. The average Bonchev–Trinajstić information content (AvgIpc) is 2.94. The molecule has 82 valence electrons. The van der Waals surface area contributed by atoms with E-state index in [1.807, 2.05) is 0 Å². The molecule has 2 rings (SSSR count). The van der Waals surface area contributed by atoms with Crippen LogP contribution in [0.15, 0.2) is 22.7 Å². The van der Waals surface area contributed by atoms with Crippen LogP contribution in [0.3, 0.4) is 0 Å². The van der Waals surface area contributed by atoms with Crippen molar-refractivity contribution in [2.75, 3.05) is 5.32 Å². The molecule has 0 amide bonds. The smallest absolute Gasteiger partial charge is 0.0486 e. The van der Waals surface area contributed by atoms with E-state index < -0.39 is 0 Å². The van der Waals surface area contributed by atoms with Crippen molar-refractivity contribution in [1.29, 1.82) is 0 Å². The topological polar surface area (TPSA) is 12.0 Å². The van der Waals surface area contributed by atoms with E-state index in [-0.39, 0.29) is 0 Å². The van der Waals surface area contributed by atoms with Crippen LogP contribution in [-0.4, -0.2) is 6.04 Å². The van der Waals surface area contributed by atoms with Crippen molar-refractivity contribution in [1.82, 2.24) is 0 Å². The van der Waals surface area contributed by atoms with Crippen LogP contribution in [0.5, 0.6) is 0 Å². The van der Waals surface area contributed by atoms with Gasteiger partial charge in [-0.3, -0.25) is 0 Å². The summed E-state index contributed by atoms with van der Waals surface area (Å²) in [7, 11) is 0. The molecule has 1 unspecified atom stereocenters. The third kappa shape index (κ3) is 3.23. The van der Waals surface area contributed by atoms with Crippen LogP contribution in [0.2, 0.25) is 0 Å². The third-order valence-electron chi connectivity index (χ3n) is 2.91. The van der Waals surface area contributed by atoms with Crippen molar-refractivity contribution in [3.05, 3.63) is 28.2 Å². The van der Waals surface area contributed by atoms with Gasteiger partial charge in [0, 0.05) is 16.2 Å². The zero-order valence-electron chi connectivity index (χ0n) is 9.39. The van der Waals surface area contributed by atoms with E-state index in [4.69, 9.17) is 0 Å². The molecule has 0 spiro atoms. The second-order valence-corrected chi connectivity index (χ2v) is 5.56. The second-order valence-electron chi connectivity index (χ2n) is 4.71. The fourth-order valence-electron chi connectivity index (χ4n) is 1.92. The van der Waals surface area contributed by atoms with E-state index in [0.29, 0.717) is 6.04 Å². The van der Waals surface area contributed by atoms with Gasteiger partial charge >= 0.3 is 0 Å². The summed E-state index contributed by atoms with van der Waals surface area (Å²) in [6.45, 7) is 4.38. The number of hydrogen-bond acceptors (Lipinski definition) is 1. The van der Waals surface area contributed by atoms with E-state index in [0.717, 1.165) is 5.92 Å². The molecule has 0 heterocycles. The molecule has 1 aliphatic rings. The van der Waals surface area contributed by atoms with Gasteiger partial charge in [-0.2, -0.15) is 0 Å². The Labute approximate surface area is 100 Å². The molecule has 1 fully saturated rings. The first-order chi connectivity index (χ1) is 7.15. The third-order valence-corrected chi connectivity index (χ3v) is 3.57. The van der Waals surface area contributed by atoms with E-state index in [9.17, 15) is 0 Å². The summed E-state index contributed by atoms with van der Waals surface area (Å²) >= 11 is 3.59. The number of aryl methyl sites for hydroxylation is 1. The quantitative estimate of drug-likeness (QED) is 0.855. The summed E-state index contributed by atoms with van der Waals surface area (Å²) in [4.78, 5) is 0. The minimum absolute atomic E-state index is 0.580. The van der Waals surface area contributed by atoms with Crippen LogP contribution in [0.4, 0.5) is 5.69 Å². The van der Waals surface area contributed by atoms with Crippen LogP contribution in [-0.2, 0) is 0 Å². The number of benzene rings is 1. The summed E-state index contributed by atoms with van der Waals surface area (Å²) in [6, 6.07) is 7.04. The molecule has 0 saturated heterocycles. The molecule has 1 saturated carbocycles. The average molecular weight is 268 g/mol. The fraction of sp³-hybridized carbons (Fsp3) is 0.538. The van der Waals surface area contributed by atoms with Crippen LogP contribution in [0.1, 0.15) is 31.7 Å². The molecular formula is C13H18BrN. The summed E-state index contributed by atoms with van der Waals surface area (Å²) in [5.74, 6) is 0.983. The van der Waals surface area contributed by atoms with Gasteiger partial charge in [-0.05, 0) is 59.8 Å². The normalized spacial score (nSPS) is 17.5. The maximum Gasteiger partial charge on any atom is 0.0486 e. The monoisotopic (exact) mass is 267 g/mol. The highest BCUT2D eigenvalue weighted by Crippen LogP contribution is 2.34. The SMILES string of the molecule is Cc1ccc(NC(C)CC2CC2)c(Br)c1. The summed E-state index contributed by atoms with van der Waals surface area (Å²) < 4.78 is 1.17. The first kappa shape index (κ1) is 11.0. The Balaban J connectivity index is 1.96. The molecule has 1 nitrogen and oxygen atoms in total. The van der Waals surface area contributed by atoms with Crippen molar-refractivity contribution >= 4 is 21.6 Å². The molecule has 2 heteroatoms. The van der Waals surface area contributed by atoms with Crippen molar-refractivity contribution in [3.63, 3.8) is 0 Å². The van der Waals surface area contributed by atoms with Gasteiger partial charge in [0.1, 0.15) is 0 Å². The van der Waals surface area contributed by atoms with Crippen LogP contribution in [0, 0.1) is 12.8 Å². The number of halogens is 1. The summed E-state index contributed by atoms with van der Waals surface area (Å²) in [6.07, 6.45) is 4.17. The van der Waals surface area contributed by atoms with E-state index in [1.165, 1.54) is 35.0 Å². The Morgan fingerprint density at radius 3 is 2.80 bits per heavy atom. The minimum atomic E-state index is 0.580. The number of anilines is 1. The molecule has 1 aromatic rings. The van der Waals surface area contributed by atoms with Gasteiger partial charge in [-0.1, -0.05) is 18.9 Å². The Morgan fingerprint density at radius 1 is 1.47 bits per heavy atom. The lowest BCUT2D eigenvalue weighted by Crippen LogP contribution is -2.15. The molecular weight excluding hydrogens is 250 g/mol. The minimum Gasteiger partial charge on any atom is -0.382 e. The predicted octanol–water partition coefficient (Wildman–Crippen LogP) is 4.36. The highest BCUT2D eigenvalue weighted by Gasteiger charge is 2.23. The van der Waals surface area contributed by atoms with Gasteiger partial charge in [-0.15, -0.1) is 0 Å². The summed E-state index contributed by atoms with van der Waals surface area (Å²) in [5, 5.41) is 3.56. The van der Waals surface area contributed by atoms with Crippen LogP contribution in [0.25, 0.3) is 0 Å². The number of hydrogen-bond donors (Lipinski definition) is 1. The Morgan fingerprint density at radius 2 is 2.20 bits per heavy atom. The maximum atomic E-state index is 3.59. The summed E-state index contributed by atoms with van der Waals surface area (Å²) in [5.41, 5.74) is 2.51. The Kier molecular flexibility index (Phi) is 3.35. The zero-order valence-corrected chi connectivity index (χ0v) is 11.0. The molecule has 1 aromatic carbocycles.